The van der Waals surface area contributed by atoms with E-state index >= 15 is 0 Å². The normalized spacial score (nSPS) is 29.8. The van der Waals surface area contributed by atoms with Crippen LogP contribution in [0.2, 0.25) is 0 Å². The maximum atomic E-state index is 12.1. The molecule has 1 aliphatic carbocycles. The second-order valence-corrected chi connectivity index (χ2v) is 9.65. The van der Waals surface area contributed by atoms with Gasteiger partial charge in [-0.15, -0.1) is 0 Å². The zero-order valence-electron chi connectivity index (χ0n) is 15.2. The third-order valence-electron chi connectivity index (χ3n) is 5.68. The fourth-order valence-corrected chi connectivity index (χ4v) is 5.70. The van der Waals surface area contributed by atoms with E-state index in [0.29, 0.717) is 13.2 Å². The minimum Gasteiger partial charge on any atom is -0.375 e. The summed E-state index contributed by atoms with van der Waals surface area (Å²) in [5.74, 6) is 1.10. The number of hydrogen-bond acceptors (Lipinski definition) is 5. The number of piperazine rings is 1. The smallest absolute Gasteiger partial charge is 0.213 e. The Labute approximate surface area is 156 Å². The molecular weight excluding hydrogens is 350 g/mol. The number of sulfonamides is 1. The highest BCUT2D eigenvalue weighted by molar-refractivity contribution is 7.89. The van der Waals surface area contributed by atoms with Gasteiger partial charge < -0.3 is 9.64 Å². The van der Waals surface area contributed by atoms with Crippen LogP contribution in [0.25, 0.3) is 0 Å². The van der Waals surface area contributed by atoms with Crippen LogP contribution in [-0.4, -0.2) is 75.4 Å². The Hall–Kier alpha value is -0.990. The predicted molar refractivity (Wildman–Crippen MR) is 101 cm³/mol. The fourth-order valence-electron chi connectivity index (χ4n) is 4.02. The van der Waals surface area contributed by atoms with Gasteiger partial charge in [-0.3, -0.25) is 4.90 Å². The van der Waals surface area contributed by atoms with E-state index in [1.165, 1.54) is 19.4 Å². The fraction of sp³-hybridized carbons (Fsp3) is 0.684. The van der Waals surface area contributed by atoms with E-state index in [9.17, 15) is 8.42 Å². The number of ether oxygens (including phenoxy) is 1. The monoisotopic (exact) mass is 379 g/mol. The lowest BCUT2D eigenvalue weighted by molar-refractivity contribution is 0.0529. The second kappa shape index (κ2) is 7.94. The quantitative estimate of drug-likeness (QED) is 0.763. The zero-order chi connectivity index (χ0) is 18.0. The maximum Gasteiger partial charge on any atom is 0.213 e. The van der Waals surface area contributed by atoms with E-state index in [0.717, 1.165) is 37.7 Å². The Balaban J connectivity index is 1.30. The third-order valence-corrected chi connectivity index (χ3v) is 7.13. The maximum absolute atomic E-state index is 12.1. The van der Waals surface area contributed by atoms with Gasteiger partial charge in [0.1, 0.15) is 0 Å². The van der Waals surface area contributed by atoms with Crippen molar-refractivity contribution < 1.29 is 13.2 Å². The summed E-state index contributed by atoms with van der Waals surface area (Å²) >= 11 is 0. The topological polar surface area (TPSA) is 61.9 Å². The van der Waals surface area contributed by atoms with Gasteiger partial charge in [-0.1, -0.05) is 30.3 Å². The van der Waals surface area contributed by atoms with Crippen LogP contribution in [0.1, 0.15) is 18.4 Å². The molecule has 0 spiro atoms. The highest BCUT2D eigenvalue weighted by Gasteiger charge is 2.41. The molecule has 1 aromatic rings. The first-order valence-electron chi connectivity index (χ1n) is 9.67. The van der Waals surface area contributed by atoms with Crippen LogP contribution in [-0.2, 0) is 21.4 Å². The Kier molecular flexibility index (Phi) is 5.61. The first-order chi connectivity index (χ1) is 12.6. The van der Waals surface area contributed by atoms with Crippen LogP contribution in [0.15, 0.2) is 30.3 Å². The Morgan fingerprint density at radius 2 is 1.81 bits per heavy atom. The Morgan fingerprint density at radius 3 is 2.50 bits per heavy atom. The molecule has 1 saturated carbocycles. The number of hydrogen-bond donors (Lipinski definition) is 1. The molecule has 1 N–H and O–H groups in total. The molecule has 0 unspecified atom stereocenters. The van der Waals surface area contributed by atoms with Crippen LogP contribution >= 0.6 is 0 Å². The Morgan fingerprint density at radius 1 is 1.08 bits per heavy atom. The van der Waals surface area contributed by atoms with E-state index in [1.807, 2.05) is 30.3 Å². The molecule has 1 aromatic carbocycles. The summed E-state index contributed by atoms with van der Waals surface area (Å²) in [6, 6.07) is 9.86. The summed E-state index contributed by atoms with van der Waals surface area (Å²) in [4.78, 5) is 4.88. The summed E-state index contributed by atoms with van der Waals surface area (Å²) in [5, 5.41) is 0. The third kappa shape index (κ3) is 4.84. The molecule has 3 fully saturated rings. The lowest BCUT2D eigenvalue weighted by atomic mass is 10.1. The molecule has 4 rings (SSSR count). The van der Waals surface area contributed by atoms with E-state index in [1.54, 1.807) is 0 Å². The number of nitrogens with zero attached hydrogens (tertiary/aromatic N) is 2. The molecule has 0 aromatic heterocycles. The lowest BCUT2D eigenvalue weighted by Gasteiger charge is -2.39. The number of nitrogens with one attached hydrogen (secondary N) is 1. The SMILES string of the molecule is O=S1(=O)C[C@H](N2CCN(CC3CC3)CC2)[C@@H](COCc2ccccc2)N1. The van der Waals surface area contributed by atoms with E-state index in [-0.39, 0.29) is 17.8 Å². The van der Waals surface area contributed by atoms with Crippen LogP contribution in [0.4, 0.5) is 0 Å². The van der Waals surface area contributed by atoms with Crippen molar-refractivity contribution in [2.45, 2.75) is 31.5 Å². The second-order valence-electron chi connectivity index (χ2n) is 7.85. The van der Waals surface area contributed by atoms with Gasteiger partial charge in [0.05, 0.1) is 25.0 Å². The average molecular weight is 380 g/mol. The molecular formula is C19H29N3O3S. The molecule has 2 aliphatic heterocycles. The van der Waals surface area contributed by atoms with Gasteiger partial charge in [0.25, 0.3) is 0 Å². The van der Waals surface area contributed by atoms with Crippen molar-refractivity contribution in [3.05, 3.63) is 35.9 Å². The highest BCUT2D eigenvalue weighted by Crippen LogP contribution is 2.30. The molecule has 0 radical (unpaired) electrons. The van der Waals surface area contributed by atoms with Crippen molar-refractivity contribution >= 4 is 10.0 Å². The lowest BCUT2D eigenvalue weighted by Crippen LogP contribution is -2.55. The van der Waals surface area contributed by atoms with Crippen molar-refractivity contribution in [3.63, 3.8) is 0 Å². The highest BCUT2D eigenvalue weighted by atomic mass is 32.2. The molecule has 2 saturated heterocycles. The van der Waals surface area contributed by atoms with Crippen LogP contribution < -0.4 is 4.72 Å². The molecule has 2 atom stereocenters. The summed E-state index contributed by atoms with van der Waals surface area (Å²) in [6.07, 6.45) is 2.76. The van der Waals surface area contributed by atoms with E-state index in [2.05, 4.69) is 14.5 Å². The minimum atomic E-state index is -3.20. The molecule has 3 aliphatic rings. The number of rotatable bonds is 7. The van der Waals surface area contributed by atoms with Gasteiger partial charge in [-0.25, -0.2) is 13.1 Å². The number of benzene rings is 1. The van der Waals surface area contributed by atoms with Gasteiger partial charge in [0.15, 0.2) is 0 Å². The minimum absolute atomic E-state index is 0.0128. The molecule has 26 heavy (non-hydrogen) atoms. The van der Waals surface area contributed by atoms with Gasteiger partial charge >= 0.3 is 0 Å². The summed E-state index contributed by atoms with van der Waals surface area (Å²) in [5.41, 5.74) is 1.11. The average Bonchev–Trinajstić information content (AvgIpc) is 3.39. The first-order valence-corrected chi connectivity index (χ1v) is 11.3. The van der Waals surface area contributed by atoms with Crippen LogP contribution in [0.3, 0.4) is 0 Å². The standard InChI is InChI=1S/C19H29N3O3S/c23-26(24)15-19(22-10-8-21(9-11-22)12-16-6-7-16)18(20-26)14-25-13-17-4-2-1-3-5-17/h1-5,16,18-20H,6-15H2/t18-,19+/m1/s1. The predicted octanol–water partition coefficient (Wildman–Crippen LogP) is 0.901. The molecule has 0 amide bonds. The molecule has 7 heteroatoms. The van der Waals surface area contributed by atoms with Gasteiger partial charge in [-0.05, 0) is 24.3 Å². The molecule has 0 bridgehead atoms. The molecule has 6 nitrogen and oxygen atoms in total. The Bertz CT molecular complexity index is 685. The van der Waals surface area contributed by atoms with Crippen LogP contribution in [0, 0.1) is 5.92 Å². The van der Waals surface area contributed by atoms with Crippen molar-refractivity contribution in [2.24, 2.45) is 5.92 Å². The van der Waals surface area contributed by atoms with Gasteiger partial charge in [0.2, 0.25) is 10.0 Å². The van der Waals surface area contributed by atoms with Crippen molar-refractivity contribution in [1.29, 1.82) is 0 Å². The van der Waals surface area contributed by atoms with Crippen molar-refractivity contribution in [1.82, 2.24) is 14.5 Å². The zero-order valence-corrected chi connectivity index (χ0v) is 16.0. The largest absolute Gasteiger partial charge is 0.375 e. The van der Waals surface area contributed by atoms with Crippen LogP contribution in [0.5, 0.6) is 0 Å². The van der Waals surface area contributed by atoms with E-state index < -0.39 is 10.0 Å². The molecule has 2 heterocycles. The summed E-state index contributed by atoms with van der Waals surface area (Å²) in [6.45, 7) is 6.14. The van der Waals surface area contributed by atoms with E-state index in [4.69, 9.17) is 4.74 Å². The summed E-state index contributed by atoms with van der Waals surface area (Å²) < 4.78 is 32.9. The summed E-state index contributed by atoms with van der Waals surface area (Å²) in [7, 11) is -3.20. The van der Waals surface area contributed by atoms with Crippen molar-refractivity contribution in [3.8, 4) is 0 Å². The molecule has 144 valence electrons. The van der Waals surface area contributed by atoms with Gasteiger partial charge in [0, 0.05) is 38.8 Å². The van der Waals surface area contributed by atoms with Crippen molar-refractivity contribution in [2.75, 3.05) is 45.1 Å². The first kappa shape index (κ1) is 18.4. The van der Waals surface area contributed by atoms with Gasteiger partial charge in [-0.2, -0.15) is 0 Å².